The van der Waals surface area contributed by atoms with Crippen molar-refractivity contribution < 1.29 is 14.3 Å². The van der Waals surface area contributed by atoms with Gasteiger partial charge in [0.2, 0.25) is 0 Å². The van der Waals surface area contributed by atoms with Crippen LogP contribution < -0.4 is 0 Å². The maximum absolute atomic E-state index is 11.6. The normalized spacial score (nSPS) is 10.4. The fraction of sp³-hybridized carbons (Fsp3) is 0.824. The number of aldehydes is 1. The molecule has 0 radical (unpaired) electrons. The molecule has 118 valence electrons. The van der Waals surface area contributed by atoms with Crippen molar-refractivity contribution in [2.45, 2.75) is 89.9 Å². The van der Waals surface area contributed by atoms with Gasteiger partial charge < -0.3 is 4.79 Å². The van der Waals surface area contributed by atoms with E-state index in [0.29, 0.717) is 6.42 Å². The maximum Gasteiger partial charge on any atom is 0.141 e. The van der Waals surface area contributed by atoms with Gasteiger partial charge in [0, 0.05) is 17.4 Å². The molecule has 0 bridgehead atoms. The smallest absolute Gasteiger partial charge is 0.141 e. The predicted octanol–water partition coefficient (Wildman–Crippen LogP) is 6.06. The zero-order valence-corrected chi connectivity index (χ0v) is 12.9. The number of allylic oxidation sites excluding steroid dienone is 1. The van der Waals surface area contributed by atoms with Crippen LogP contribution in [-0.4, -0.2) is 6.29 Å². The van der Waals surface area contributed by atoms with Crippen molar-refractivity contribution in [3.8, 4) is 0 Å². The summed E-state index contributed by atoms with van der Waals surface area (Å²) in [6, 6.07) is 0. The summed E-state index contributed by atoms with van der Waals surface area (Å²) in [6.45, 7) is 3.46. The van der Waals surface area contributed by atoms with Crippen LogP contribution in [0.4, 0.5) is 4.53 Å². The Labute approximate surface area is 123 Å². The minimum Gasteiger partial charge on any atom is -0.303 e. The van der Waals surface area contributed by atoms with E-state index in [1.54, 1.807) is 0 Å². The molecule has 0 atom stereocenters. The standard InChI is InChI=1S/C17H31FO2/c1-17(20-18)15-13-11-9-7-5-3-2-4-6-8-10-12-14-16-19/h16H,1-15H2. The molecule has 2 nitrogen and oxygen atoms in total. The molecule has 0 aliphatic rings. The Kier molecular flexibility index (Phi) is 15.5. The van der Waals surface area contributed by atoms with Gasteiger partial charge in [-0.25, -0.2) is 0 Å². The number of unbranched alkanes of at least 4 members (excludes halogenated alkanes) is 12. The number of carbonyl (C=O) groups is 1. The van der Waals surface area contributed by atoms with Gasteiger partial charge in [0.15, 0.2) is 0 Å². The van der Waals surface area contributed by atoms with E-state index >= 15 is 0 Å². The lowest BCUT2D eigenvalue weighted by Gasteiger charge is -2.03. The molecule has 0 unspecified atom stereocenters. The summed E-state index contributed by atoms with van der Waals surface area (Å²) in [5, 5.41) is 0. The van der Waals surface area contributed by atoms with Crippen molar-refractivity contribution >= 4 is 6.29 Å². The van der Waals surface area contributed by atoms with Gasteiger partial charge in [0.05, 0.1) is 0 Å². The van der Waals surface area contributed by atoms with Crippen molar-refractivity contribution in [2.24, 2.45) is 0 Å². The molecular weight excluding hydrogens is 255 g/mol. The minimum absolute atomic E-state index is 0.248. The van der Waals surface area contributed by atoms with E-state index in [2.05, 4.69) is 11.5 Å². The Morgan fingerprint density at radius 2 is 1.20 bits per heavy atom. The van der Waals surface area contributed by atoms with E-state index < -0.39 is 0 Å². The topological polar surface area (TPSA) is 26.3 Å². The van der Waals surface area contributed by atoms with Gasteiger partial charge in [-0.2, -0.15) is 0 Å². The van der Waals surface area contributed by atoms with Crippen molar-refractivity contribution in [2.75, 3.05) is 0 Å². The van der Waals surface area contributed by atoms with Crippen LogP contribution in [0.25, 0.3) is 0 Å². The van der Waals surface area contributed by atoms with E-state index in [9.17, 15) is 9.32 Å². The molecule has 0 fully saturated rings. The molecule has 0 saturated heterocycles. The Bertz CT molecular complexity index is 229. The first-order valence-electron chi connectivity index (χ1n) is 8.21. The molecule has 0 aliphatic carbocycles. The predicted molar refractivity (Wildman–Crippen MR) is 82.0 cm³/mol. The lowest BCUT2D eigenvalue weighted by atomic mass is 10.0. The quantitative estimate of drug-likeness (QED) is 0.196. The van der Waals surface area contributed by atoms with Crippen LogP contribution in [0.5, 0.6) is 0 Å². The average Bonchev–Trinajstić information content (AvgIpc) is 2.47. The summed E-state index contributed by atoms with van der Waals surface area (Å²) in [5.41, 5.74) is 0. The van der Waals surface area contributed by atoms with Gasteiger partial charge in [-0.05, 0) is 12.8 Å². The van der Waals surface area contributed by atoms with Gasteiger partial charge in [0.25, 0.3) is 0 Å². The maximum atomic E-state index is 11.6. The van der Waals surface area contributed by atoms with E-state index in [-0.39, 0.29) is 5.76 Å². The van der Waals surface area contributed by atoms with Crippen LogP contribution in [0.15, 0.2) is 12.3 Å². The largest absolute Gasteiger partial charge is 0.303 e. The highest BCUT2D eigenvalue weighted by Crippen LogP contribution is 2.14. The molecule has 0 aliphatic heterocycles. The molecule has 0 rings (SSSR count). The van der Waals surface area contributed by atoms with E-state index in [4.69, 9.17) is 0 Å². The summed E-state index contributed by atoms with van der Waals surface area (Å²) in [6.07, 6.45) is 17.1. The molecule has 3 heteroatoms. The number of hydrogen-bond donors (Lipinski definition) is 0. The molecule has 0 spiro atoms. The van der Waals surface area contributed by atoms with Crippen molar-refractivity contribution in [1.82, 2.24) is 0 Å². The van der Waals surface area contributed by atoms with Crippen molar-refractivity contribution in [3.63, 3.8) is 0 Å². The first-order valence-corrected chi connectivity index (χ1v) is 8.21. The van der Waals surface area contributed by atoms with Gasteiger partial charge in [-0.3, -0.25) is 4.94 Å². The van der Waals surface area contributed by atoms with Gasteiger partial charge >= 0.3 is 0 Å². The van der Waals surface area contributed by atoms with Crippen LogP contribution in [0, 0.1) is 0 Å². The first kappa shape index (κ1) is 19.1. The summed E-state index contributed by atoms with van der Waals surface area (Å²) in [4.78, 5) is 13.7. The summed E-state index contributed by atoms with van der Waals surface area (Å²) >= 11 is 0. The van der Waals surface area contributed by atoms with Gasteiger partial charge in [-0.1, -0.05) is 70.8 Å². The highest BCUT2D eigenvalue weighted by molar-refractivity contribution is 5.48. The summed E-state index contributed by atoms with van der Waals surface area (Å²) in [7, 11) is 0. The van der Waals surface area contributed by atoms with Crippen LogP contribution in [-0.2, 0) is 9.74 Å². The number of hydrogen-bond acceptors (Lipinski definition) is 2. The minimum atomic E-state index is 0.248. The Balaban J connectivity index is 2.99. The van der Waals surface area contributed by atoms with E-state index in [0.717, 1.165) is 32.0 Å². The molecule has 0 aromatic heterocycles. The van der Waals surface area contributed by atoms with Crippen LogP contribution in [0.3, 0.4) is 0 Å². The first-order chi connectivity index (χ1) is 9.81. The highest BCUT2D eigenvalue weighted by Gasteiger charge is 1.96. The van der Waals surface area contributed by atoms with Gasteiger partial charge in [-0.15, -0.1) is 0 Å². The number of halogens is 1. The summed E-state index contributed by atoms with van der Waals surface area (Å²) in [5.74, 6) is 0.248. The zero-order chi connectivity index (χ0) is 14.9. The van der Waals surface area contributed by atoms with Crippen molar-refractivity contribution in [1.29, 1.82) is 0 Å². The van der Waals surface area contributed by atoms with Crippen LogP contribution in [0.2, 0.25) is 0 Å². The van der Waals surface area contributed by atoms with Crippen molar-refractivity contribution in [3.05, 3.63) is 12.3 Å². The average molecular weight is 286 g/mol. The Hall–Kier alpha value is -0.860. The molecule has 0 N–H and O–H groups in total. The molecule has 0 heterocycles. The Morgan fingerprint density at radius 3 is 1.60 bits per heavy atom. The van der Waals surface area contributed by atoms with Crippen LogP contribution in [0.1, 0.15) is 89.9 Å². The lowest BCUT2D eigenvalue weighted by Crippen LogP contribution is -1.85. The fourth-order valence-corrected chi connectivity index (χ4v) is 2.36. The van der Waals surface area contributed by atoms with E-state index in [1.807, 2.05) is 0 Å². The zero-order valence-electron chi connectivity index (χ0n) is 12.9. The molecule has 0 amide bonds. The third kappa shape index (κ3) is 15.2. The second-order valence-electron chi connectivity index (χ2n) is 5.56. The lowest BCUT2D eigenvalue weighted by molar-refractivity contribution is -0.107. The number of rotatable bonds is 16. The number of carbonyl (C=O) groups excluding carboxylic acids is 1. The highest BCUT2D eigenvalue weighted by atomic mass is 19.3. The molecule has 0 aromatic carbocycles. The monoisotopic (exact) mass is 286 g/mol. The molecule has 0 saturated carbocycles. The van der Waals surface area contributed by atoms with Crippen LogP contribution >= 0.6 is 0 Å². The molecule has 20 heavy (non-hydrogen) atoms. The third-order valence-corrected chi connectivity index (χ3v) is 3.64. The van der Waals surface area contributed by atoms with Gasteiger partial charge in [0.1, 0.15) is 12.0 Å². The molecular formula is C17H31FO2. The second-order valence-corrected chi connectivity index (χ2v) is 5.56. The second kappa shape index (κ2) is 16.2. The van der Waals surface area contributed by atoms with E-state index in [1.165, 1.54) is 57.8 Å². The fourth-order valence-electron chi connectivity index (χ4n) is 2.36. The Morgan fingerprint density at radius 1 is 0.800 bits per heavy atom. The SMILES string of the molecule is C=C(CCCCCCCCCCCCCCC=O)OF. The summed E-state index contributed by atoms with van der Waals surface area (Å²) < 4.78 is 11.6. The molecule has 0 aromatic rings. The third-order valence-electron chi connectivity index (χ3n) is 3.64.